The highest BCUT2D eigenvalue weighted by atomic mass is 16.4. The molecule has 84 valence electrons. The molecule has 3 rings (SSSR count). The van der Waals surface area contributed by atoms with E-state index in [9.17, 15) is 5.11 Å². The molecular formula is C12H13NO3. The third kappa shape index (κ3) is 1.23. The van der Waals surface area contributed by atoms with Crippen LogP contribution in [-0.4, -0.2) is 10.1 Å². The van der Waals surface area contributed by atoms with E-state index in [2.05, 4.69) is 4.98 Å². The van der Waals surface area contributed by atoms with Gasteiger partial charge >= 0.3 is 0 Å². The van der Waals surface area contributed by atoms with Gasteiger partial charge in [0.15, 0.2) is 17.8 Å². The molecule has 4 nitrogen and oxygen atoms in total. The minimum atomic E-state index is -1.08. The molecule has 0 radical (unpaired) electrons. The molecule has 1 saturated carbocycles. The van der Waals surface area contributed by atoms with E-state index >= 15 is 0 Å². The monoisotopic (exact) mass is 219 g/mol. The van der Waals surface area contributed by atoms with E-state index in [1.54, 1.807) is 18.6 Å². The van der Waals surface area contributed by atoms with Crippen molar-refractivity contribution in [2.75, 3.05) is 0 Å². The zero-order valence-corrected chi connectivity index (χ0v) is 9.01. The fourth-order valence-corrected chi connectivity index (χ4v) is 2.20. The lowest BCUT2D eigenvalue weighted by Crippen LogP contribution is -2.29. The number of rotatable bonds is 3. The Hall–Kier alpha value is -1.55. The molecule has 0 aromatic carbocycles. The molecule has 1 unspecified atom stereocenters. The van der Waals surface area contributed by atoms with Crippen molar-refractivity contribution >= 4 is 0 Å². The average molecular weight is 219 g/mol. The highest BCUT2D eigenvalue weighted by molar-refractivity contribution is 5.33. The van der Waals surface area contributed by atoms with Crippen molar-refractivity contribution in [3.63, 3.8) is 0 Å². The molecule has 1 N–H and O–H groups in total. The fraction of sp³-hybridized carbons (Fsp3) is 0.417. The van der Waals surface area contributed by atoms with Gasteiger partial charge in [-0.2, -0.15) is 0 Å². The maximum absolute atomic E-state index is 10.9. The third-order valence-electron chi connectivity index (χ3n) is 3.22. The second kappa shape index (κ2) is 3.22. The van der Waals surface area contributed by atoms with Crippen LogP contribution in [0.1, 0.15) is 29.9 Å². The lowest BCUT2D eigenvalue weighted by molar-refractivity contribution is 0.0324. The normalized spacial score (nSPS) is 19.6. The van der Waals surface area contributed by atoms with Gasteiger partial charge in [0.05, 0.1) is 18.2 Å². The van der Waals surface area contributed by atoms with Crippen LogP contribution in [0.2, 0.25) is 0 Å². The molecule has 0 saturated heterocycles. The fourth-order valence-electron chi connectivity index (χ4n) is 2.20. The van der Waals surface area contributed by atoms with Crippen LogP contribution in [0, 0.1) is 12.8 Å². The zero-order chi connectivity index (χ0) is 11.2. The van der Waals surface area contributed by atoms with E-state index in [1.165, 1.54) is 6.39 Å². The Balaban J connectivity index is 2.14. The van der Waals surface area contributed by atoms with Crippen molar-refractivity contribution in [1.82, 2.24) is 4.98 Å². The van der Waals surface area contributed by atoms with Crippen molar-refractivity contribution in [1.29, 1.82) is 0 Å². The Morgan fingerprint density at radius 2 is 2.31 bits per heavy atom. The van der Waals surface area contributed by atoms with Gasteiger partial charge in [0.1, 0.15) is 0 Å². The Morgan fingerprint density at radius 1 is 1.50 bits per heavy atom. The molecule has 2 heterocycles. The van der Waals surface area contributed by atoms with Gasteiger partial charge in [0, 0.05) is 5.56 Å². The second-order valence-electron chi connectivity index (χ2n) is 4.32. The lowest BCUT2D eigenvalue weighted by atomic mass is 9.87. The third-order valence-corrected chi connectivity index (χ3v) is 3.22. The molecule has 2 aromatic rings. The van der Waals surface area contributed by atoms with Crippen LogP contribution >= 0.6 is 0 Å². The van der Waals surface area contributed by atoms with E-state index in [-0.39, 0.29) is 5.92 Å². The van der Waals surface area contributed by atoms with Crippen LogP contribution in [0.4, 0.5) is 0 Å². The van der Waals surface area contributed by atoms with Gasteiger partial charge in [-0.1, -0.05) is 0 Å². The van der Waals surface area contributed by atoms with E-state index in [0.717, 1.165) is 24.1 Å². The quantitative estimate of drug-likeness (QED) is 0.859. The molecule has 2 aromatic heterocycles. The molecule has 1 fully saturated rings. The van der Waals surface area contributed by atoms with Crippen LogP contribution in [0.3, 0.4) is 0 Å². The van der Waals surface area contributed by atoms with Gasteiger partial charge in [-0.25, -0.2) is 4.98 Å². The largest absolute Gasteiger partial charge is 0.472 e. The summed E-state index contributed by atoms with van der Waals surface area (Å²) in [6.07, 6.45) is 6.51. The summed E-state index contributed by atoms with van der Waals surface area (Å²) >= 11 is 0. The average Bonchev–Trinajstić information content (AvgIpc) is 2.81. The number of hydrogen-bond acceptors (Lipinski definition) is 4. The van der Waals surface area contributed by atoms with Crippen LogP contribution in [0.15, 0.2) is 33.8 Å². The van der Waals surface area contributed by atoms with E-state index in [1.807, 2.05) is 6.92 Å². The summed E-state index contributed by atoms with van der Waals surface area (Å²) in [6, 6.07) is 1.78. The molecule has 0 bridgehead atoms. The first kappa shape index (κ1) is 9.66. The Morgan fingerprint density at radius 3 is 2.81 bits per heavy atom. The summed E-state index contributed by atoms with van der Waals surface area (Å²) in [7, 11) is 0. The van der Waals surface area contributed by atoms with Gasteiger partial charge in [-0.15, -0.1) is 0 Å². The number of nitrogens with zero attached hydrogens (tertiary/aromatic N) is 1. The summed E-state index contributed by atoms with van der Waals surface area (Å²) in [5.41, 5.74) is 0.401. The summed E-state index contributed by atoms with van der Waals surface area (Å²) in [6.45, 7) is 1.84. The Kier molecular flexibility index (Phi) is 1.94. The maximum atomic E-state index is 10.9. The Bertz CT molecular complexity index is 484. The van der Waals surface area contributed by atoms with Gasteiger partial charge in [-0.3, -0.25) is 0 Å². The molecule has 16 heavy (non-hydrogen) atoms. The summed E-state index contributed by atoms with van der Waals surface area (Å²) < 4.78 is 10.4. The minimum Gasteiger partial charge on any atom is -0.472 e. The van der Waals surface area contributed by atoms with Crippen molar-refractivity contribution in [2.45, 2.75) is 25.4 Å². The van der Waals surface area contributed by atoms with Crippen LogP contribution < -0.4 is 0 Å². The molecule has 1 aliphatic rings. The van der Waals surface area contributed by atoms with Crippen LogP contribution in [-0.2, 0) is 5.60 Å². The highest BCUT2D eigenvalue weighted by Gasteiger charge is 2.50. The van der Waals surface area contributed by atoms with Crippen molar-refractivity contribution in [3.8, 4) is 0 Å². The van der Waals surface area contributed by atoms with Crippen molar-refractivity contribution in [2.24, 2.45) is 5.92 Å². The predicted octanol–water partition coefficient (Wildman–Crippen LogP) is 2.22. The van der Waals surface area contributed by atoms with E-state index in [0.29, 0.717) is 5.76 Å². The predicted molar refractivity (Wildman–Crippen MR) is 55.7 cm³/mol. The number of hydrogen-bond donors (Lipinski definition) is 1. The first-order valence-corrected chi connectivity index (χ1v) is 5.38. The molecule has 4 heteroatoms. The standard InChI is InChI=1S/C12H13NO3/c1-8-11(16-7-13-8)12(14,9-2-3-9)10-4-5-15-6-10/h4-7,9,14H,2-3H2,1H3. The zero-order valence-electron chi connectivity index (χ0n) is 9.01. The number of aromatic nitrogens is 1. The second-order valence-corrected chi connectivity index (χ2v) is 4.32. The van der Waals surface area contributed by atoms with Gasteiger partial charge < -0.3 is 13.9 Å². The van der Waals surface area contributed by atoms with E-state index in [4.69, 9.17) is 8.83 Å². The number of aryl methyl sites for hydroxylation is 1. The van der Waals surface area contributed by atoms with Crippen molar-refractivity contribution in [3.05, 3.63) is 42.0 Å². The molecule has 0 amide bonds. The molecule has 1 atom stereocenters. The summed E-state index contributed by atoms with van der Waals surface area (Å²) in [5.74, 6) is 0.744. The van der Waals surface area contributed by atoms with Crippen molar-refractivity contribution < 1.29 is 13.9 Å². The van der Waals surface area contributed by atoms with Crippen LogP contribution in [0.25, 0.3) is 0 Å². The van der Waals surface area contributed by atoms with Gasteiger partial charge in [0.25, 0.3) is 0 Å². The van der Waals surface area contributed by atoms with Crippen LogP contribution in [0.5, 0.6) is 0 Å². The summed E-state index contributed by atoms with van der Waals surface area (Å²) in [4.78, 5) is 4.05. The highest BCUT2D eigenvalue weighted by Crippen LogP contribution is 2.50. The lowest BCUT2D eigenvalue weighted by Gasteiger charge is -2.24. The molecule has 0 aliphatic heterocycles. The molecule has 0 spiro atoms. The van der Waals surface area contributed by atoms with Gasteiger partial charge in [0.2, 0.25) is 0 Å². The Labute approximate surface area is 92.9 Å². The number of oxazole rings is 1. The molecular weight excluding hydrogens is 206 g/mol. The minimum absolute atomic E-state index is 0.205. The molecule has 1 aliphatic carbocycles. The first-order valence-electron chi connectivity index (χ1n) is 5.38. The summed E-state index contributed by atoms with van der Waals surface area (Å²) in [5, 5.41) is 10.9. The topological polar surface area (TPSA) is 59.4 Å². The van der Waals surface area contributed by atoms with Gasteiger partial charge in [-0.05, 0) is 31.7 Å². The number of furan rings is 1. The maximum Gasteiger partial charge on any atom is 0.181 e. The first-order chi connectivity index (χ1) is 7.73. The SMILES string of the molecule is Cc1ncoc1C(O)(c1ccoc1)C1CC1. The smallest absolute Gasteiger partial charge is 0.181 e. The number of aliphatic hydroxyl groups is 1. The van der Waals surface area contributed by atoms with E-state index < -0.39 is 5.60 Å².